The monoisotopic (exact) mass is 279 g/mol. The Morgan fingerprint density at radius 3 is 3.05 bits per heavy atom. The SMILES string of the molecule is Cc1ccc([N+](=O)[O-])cc1C(=O)NCC1CNCCO1. The van der Waals surface area contributed by atoms with E-state index in [2.05, 4.69) is 10.6 Å². The Labute approximate surface area is 116 Å². The van der Waals surface area contributed by atoms with Crippen molar-refractivity contribution < 1.29 is 14.5 Å². The van der Waals surface area contributed by atoms with Gasteiger partial charge in [-0.2, -0.15) is 0 Å². The Balaban J connectivity index is 2.00. The van der Waals surface area contributed by atoms with Gasteiger partial charge >= 0.3 is 0 Å². The summed E-state index contributed by atoms with van der Waals surface area (Å²) < 4.78 is 5.47. The summed E-state index contributed by atoms with van der Waals surface area (Å²) in [6.07, 6.45) is -0.0632. The second-order valence-electron chi connectivity index (χ2n) is 4.66. The fraction of sp³-hybridized carbons (Fsp3) is 0.462. The van der Waals surface area contributed by atoms with E-state index in [1.807, 2.05) is 0 Å². The lowest BCUT2D eigenvalue weighted by Gasteiger charge is -2.23. The number of hydrogen-bond acceptors (Lipinski definition) is 5. The van der Waals surface area contributed by atoms with Crippen LogP contribution < -0.4 is 10.6 Å². The van der Waals surface area contributed by atoms with Gasteiger partial charge < -0.3 is 15.4 Å². The maximum atomic E-state index is 12.1. The fourth-order valence-electron chi connectivity index (χ4n) is 2.02. The molecule has 0 radical (unpaired) electrons. The van der Waals surface area contributed by atoms with Crippen molar-refractivity contribution in [2.75, 3.05) is 26.2 Å². The molecule has 0 saturated carbocycles. The third-order valence-corrected chi connectivity index (χ3v) is 3.17. The molecule has 0 aromatic heterocycles. The summed E-state index contributed by atoms with van der Waals surface area (Å²) in [6.45, 7) is 4.25. The number of rotatable bonds is 4. The molecule has 1 saturated heterocycles. The average Bonchev–Trinajstić information content (AvgIpc) is 2.46. The third kappa shape index (κ3) is 3.52. The van der Waals surface area contributed by atoms with Crippen LogP contribution in [0.1, 0.15) is 15.9 Å². The summed E-state index contributed by atoms with van der Waals surface area (Å²) in [7, 11) is 0. The predicted molar refractivity (Wildman–Crippen MR) is 72.8 cm³/mol. The van der Waals surface area contributed by atoms with Crippen LogP contribution >= 0.6 is 0 Å². The Hall–Kier alpha value is -1.99. The molecule has 7 nitrogen and oxygen atoms in total. The summed E-state index contributed by atoms with van der Waals surface area (Å²) in [5.41, 5.74) is 0.940. The van der Waals surface area contributed by atoms with Crippen molar-refractivity contribution in [3.05, 3.63) is 39.4 Å². The highest BCUT2D eigenvalue weighted by molar-refractivity contribution is 5.96. The molecule has 1 aliphatic rings. The van der Waals surface area contributed by atoms with Crippen LogP contribution in [0.3, 0.4) is 0 Å². The summed E-state index contributed by atoms with van der Waals surface area (Å²) >= 11 is 0. The van der Waals surface area contributed by atoms with Crippen LogP contribution in [0, 0.1) is 17.0 Å². The van der Waals surface area contributed by atoms with Crippen molar-refractivity contribution in [2.45, 2.75) is 13.0 Å². The molecule has 1 heterocycles. The Bertz CT molecular complexity index is 512. The minimum atomic E-state index is -0.510. The van der Waals surface area contributed by atoms with E-state index in [0.29, 0.717) is 30.8 Å². The summed E-state index contributed by atoms with van der Waals surface area (Å²) in [5.74, 6) is -0.319. The number of ether oxygens (including phenoxy) is 1. The number of nitrogens with one attached hydrogen (secondary N) is 2. The zero-order valence-electron chi connectivity index (χ0n) is 11.2. The smallest absolute Gasteiger partial charge is 0.270 e. The van der Waals surface area contributed by atoms with Crippen molar-refractivity contribution in [1.82, 2.24) is 10.6 Å². The molecule has 20 heavy (non-hydrogen) atoms. The van der Waals surface area contributed by atoms with E-state index >= 15 is 0 Å². The second kappa shape index (κ2) is 6.44. The maximum Gasteiger partial charge on any atom is 0.270 e. The van der Waals surface area contributed by atoms with E-state index in [1.54, 1.807) is 13.0 Å². The van der Waals surface area contributed by atoms with Gasteiger partial charge in [0.1, 0.15) is 0 Å². The van der Waals surface area contributed by atoms with Gasteiger partial charge in [-0.25, -0.2) is 0 Å². The van der Waals surface area contributed by atoms with Crippen LogP contribution in [0.5, 0.6) is 0 Å². The molecule has 1 aromatic rings. The standard InChI is InChI=1S/C13H17N3O4/c1-9-2-3-10(16(18)19)6-12(9)13(17)15-8-11-7-14-4-5-20-11/h2-3,6,11,14H,4-5,7-8H2,1H3,(H,15,17). The quantitative estimate of drug-likeness (QED) is 0.622. The van der Waals surface area contributed by atoms with Gasteiger partial charge in [0.2, 0.25) is 0 Å². The first-order valence-corrected chi connectivity index (χ1v) is 6.43. The van der Waals surface area contributed by atoms with Crippen LogP contribution in [0.4, 0.5) is 5.69 Å². The topological polar surface area (TPSA) is 93.5 Å². The number of hydrogen-bond donors (Lipinski definition) is 2. The molecule has 1 unspecified atom stereocenters. The maximum absolute atomic E-state index is 12.1. The molecule has 2 rings (SSSR count). The van der Waals surface area contributed by atoms with Gasteiger partial charge in [-0.15, -0.1) is 0 Å². The van der Waals surface area contributed by atoms with Gasteiger partial charge in [0.25, 0.3) is 11.6 Å². The number of carbonyl (C=O) groups excluding carboxylic acids is 1. The van der Waals surface area contributed by atoms with E-state index in [4.69, 9.17) is 4.74 Å². The minimum Gasteiger partial charge on any atom is -0.374 e. The molecule has 1 amide bonds. The van der Waals surface area contributed by atoms with Gasteiger partial charge in [0.05, 0.1) is 17.6 Å². The molecular formula is C13H17N3O4. The van der Waals surface area contributed by atoms with E-state index in [0.717, 1.165) is 6.54 Å². The van der Waals surface area contributed by atoms with Crippen LogP contribution in [0.25, 0.3) is 0 Å². The number of aryl methyl sites for hydroxylation is 1. The van der Waals surface area contributed by atoms with E-state index < -0.39 is 4.92 Å². The molecule has 1 aromatic carbocycles. The van der Waals surface area contributed by atoms with Gasteiger partial charge in [0.15, 0.2) is 0 Å². The van der Waals surface area contributed by atoms with E-state index in [-0.39, 0.29) is 17.7 Å². The van der Waals surface area contributed by atoms with Crippen molar-refractivity contribution in [3.8, 4) is 0 Å². The first-order valence-electron chi connectivity index (χ1n) is 6.43. The second-order valence-corrected chi connectivity index (χ2v) is 4.66. The van der Waals surface area contributed by atoms with Crippen LogP contribution in [0.2, 0.25) is 0 Å². The van der Waals surface area contributed by atoms with Crippen LogP contribution in [-0.4, -0.2) is 43.2 Å². The zero-order valence-corrected chi connectivity index (χ0v) is 11.2. The Morgan fingerprint density at radius 1 is 1.60 bits per heavy atom. The van der Waals surface area contributed by atoms with E-state index in [9.17, 15) is 14.9 Å². The van der Waals surface area contributed by atoms with Crippen molar-refractivity contribution in [3.63, 3.8) is 0 Å². The number of nitro groups is 1. The lowest BCUT2D eigenvalue weighted by molar-refractivity contribution is -0.384. The Morgan fingerprint density at radius 2 is 2.40 bits per heavy atom. The highest BCUT2D eigenvalue weighted by Gasteiger charge is 2.17. The molecule has 2 N–H and O–H groups in total. The van der Waals surface area contributed by atoms with E-state index in [1.165, 1.54) is 12.1 Å². The normalized spacial score (nSPS) is 18.6. The highest BCUT2D eigenvalue weighted by Crippen LogP contribution is 2.17. The molecule has 7 heteroatoms. The van der Waals surface area contributed by atoms with Crippen molar-refractivity contribution in [2.24, 2.45) is 0 Å². The lowest BCUT2D eigenvalue weighted by atomic mass is 10.1. The van der Waals surface area contributed by atoms with Crippen molar-refractivity contribution >= 4 is 11.6 Å². The lowest BCUT2D eigenvalue weighted by Crippen LogP contribution is -2.45. The molecule has 108 valence electrons. The van der Waals surface area contributed by atoms with Crippen LogP contribution in [-0.2, 0) is 4.74 Å². The predicted octanol–water partition coefficient (Wildman–Crippen LogP) is 0.621. The van der Waals surface area contributed by atoms with Gasteiger partial charge in [0, 0.05) is 37.3 Å². The number of morpholine rings is 1. The number of amides is 1. The molecule has 0 bridgehead atoms. The summed E-state index contributed by atoms with van der Waals surface area (Å²) in [5, 5.41) is 16.7. The molecule has 0 aliphatic carbocycles. The number of non-ortho nitro benzene ring substituents is 1. The van der Waals surface area contributed by atoms with Crippen LogP contribution in [0.15, 0.2) is 18.2 Å². The van der Waals surface area contributed by atoms with Gasteiger partial charge in [-0.3, -0.25) is 14.9 Å². The molecular weight excluding hydrogens is 262 g/mol. The minimum absolute atomic E-state index is 0.0632. The van der Waals surface area contributed by atoms with Crippen molar-refractivity contribution in [1.29, 1.82) is 0 Å². The average molecular weight is 279 g/mol. The number of carbonyl (C=O) groups is 1. The molecule has 1 atom stereocenters. The number of nitrogens with zero attached hydrogens (tertiary/aromatic N) is 1. The number of benzene rings is 1. The first-order chi connectivity index (χ1) is 9.58. The fourth-order valence-corrected chi connectivity index (χ4v) is 2.02. The molecule has 1 aliphatic heterocycles. The number of nitro benzene ring substituents is 1. The third-order valence-electron chi connectivity index (χ3n) is 3.17. The Kier molecular flexibility index (Phi) is 4.65. The van der Waals surface area contributed by atoms with Gasteiger partial charge in [-0.1, -0.05) is 6.07 Å². The summed E-state index contributed by atoms with van der Waals surface area (Å²) in [4.78, 5) is 22.3. The highest BCUT2D eigenvalue weighted by atomic mass is 16.6. The van der Waals surface area contributed by atoms with Gasteiger partial charge in [-0.05, 0) is 12.5 Å². The zero-order chi connectivity index (χ0) is 14.5. The summed E-state index contributed by atoms with van der Waals surface area (Å²) in [6, 6.07) is 4.26. The largest absolute Gasteiger partial charge is 0.374 e. The molecule has 1 fully saturated rings. The molecule has 0 spiro atoms. The first kappa shape index (κ1) is 14.4.